The second-order valence-electron chi connectivity index (χ2n) is 0.675. The quantitative estimate of drug-likeness (QED) is 0.451. The minimum Gasteiger partial charge on any atom is -0.128 e. The van der Waals surface area contributed by atoms with E-state index in [9.17, 15) is 0 Å². The van der Waals surface area contributed by atoms with Crippen LogP contribution in [0.15, 0.2) is 23.4 Å². The predicted octanol–water partition coefficient (Wildman–Crippen LogP) is 1.80. The lowest BCUT2D eigenvalue weighted by atomic mass is 10.9. The van der Waals surface area contributed by atoms with Crippen LogP contribution in [0.25, 0.3) is 0 Å². The Morgan fingerprint density at radius 3 is 2.67 bits per heavy atom. The summed E-state index contributed by atoms with van der Waals surface area (Å²) in [7, 11) is 0. The van der Waals surface area contributed by atoms with Gasteiger partial charge in [-0.05, 0) is 12.8 Å². The Morgan fingerprint density at radius 1 is 1.83 bits per heavy atom. The normalized spacial score (nSPS) is 5.50. The van der Waals surface area contributed by atoms with Crippen LogP contribution < -0.4 is 0 Å². The molecule has 1 heteroatoms. The minimum atomic E-state index is 1.59. The third kappa shape index (κ3) is 3.65. The number of hydrogen-bond acceptors (Lipinski definition) is 1. The molecule has 0 aromatic heterocycles. The van der Waals surface area contributed by atoms with Crippen LogP contribution in [-0.2, 0) is 0 Å². The molecular formula is C5H6S. The van der Waals surface area contributed by atoms with Gasteiger partial charge in [-0.15, -0.1) is 11.8 Å². The molecule has 6 heavy (non-hydrogen) atoms. The minimum absolute atomic E-state index is 1.59. The van der Waals surface area contributed by atoms with Crippen LogP contribution in [0.3, 0.4) is 0 Å². The summed E-state index contributed by atoms with van der Waals surface area (Å²) >= 11 is 1.59. The second-order valence-corrected chi connectivity index (χ2v) is 1.38. The SMILES string of the molecule is C=C=C=CSC. The van der Waals surface area contributed by atoms with Gasteiger partial charge in [0, 0.05) is 5.41 Å². The summed E-state index contributed by atoms with van der Waals surface area (Å²) in [6, 6.07) is 0. The van der Waals surface area contributed by atoms with Crippen molar-refractivity contribution in [2.45, 2.75) is 0 Å². The highest BCUT2D eigenvalue weighted by molar-refractivity contribution is 8.01. The third-order valence-electron chi connectivity index (χ3n) is 0.279. The fourth-order valence-electron chi connectivity index (χ4n) is 0.101. The molecule has 0 saturated carbocycles. The molecular weight excluding hydrogens is 92.1 g/mol. The van der Waals surface area contributed by atoms with E-state index in [0.29, 0.717) is 0 Å². The molecule has 0 aromatic rings. The van der Waals surface area contributed by atoms with Crippen molar-refractivity contribution in [3.8, 4) is 0 Å². The molecule has 0 aliphatic rings. The lowest BCUT2D eigenvalue weighted by molar-refractivity contribution is 2.31. The first-order valence-corrected chi connectivity index (χ1v) is 2.82. The zero-order valence-corrected chi connectivity index (χ0v) is 4.51. The predicted molar refractivity (Wildman–Crippen MR) is 30.7 cm³/mol. The Kier molecular flexibility index (Phi) is 4.38. The van der Waals surface area contributed by atoms with Gasteiger partial charge in [0.15, 0.2) is 0 Å². The molecule has 0 saturated heterocycles. The Balaban J connectivity index is 3.47. The van der Waals surface area contributed by atoms with Crippen molar-refractivity contribution >= 4 is 11.8 Å². The van der Waals surface area contributed by atoms with E-state index >= 15 is 0 Å². The number of hydrogen-bond donors (Lipinski definition) is 0. The van der Waals surface area contributed by atoms with Crippen LogP contribution in [0.4, 0.5) is 0 Å². The van der Waals surface area contributed by atoms with Crippen molar-refractivity contribution in [3.05, 3.63) is 23.4 Å². The number of rotatable bonds is 1. The molecule has 0 unspecified atom stereocenters. The van der Waals surface area contributed by atoms with Gasteiger partial charge >= 0.3 is 0 Å². The van der Waals surface area contributed by atoms with Crippen molar-refractivity contribution in [2.75, 3.05) is 6.26 Å². The van der Waals surface area contributed by atoms with Crippen LogP contribution in [0.2, 0.25) is 0 Å². The van der Waals surface area contributed by atoms with Gasteiger partial charge in [-0.1, -0.05) is 11.5 Å². The molecule has 0 radical (unpaired) electrons. The van der Waals surface area contributed by atoms with E-state index in [-0.39, 0.29) is 0 Å². The highest BCUT2D eigenvalue weighted by Crippen LogP contribution is 1.87. The maximum atomic E-state index is 3.32. The molecule has 0 bridgehead atoms. The zero-order valence-electron chi connectivity index (χ0n) is 3.69. The lowest BCUT2D eigenvalue weighted by Crippen LogP contribution is -1.30. The summed E-state index contributed by atoms with van der Waals surface area (Å²) in [6.07, 6.45) is 1.96. The summed E-state index contributed by atoms with van der Waals surface area (Å²) in [4.78, 5) is 0. The van der Waals surface area contributed by atoms with Gasteiger partial charge in [0.1, 0.15) is 0 Å². The van der Waals surface area contributed by atoms with Crippen LogP contribution in [0, 0.1) is 0 Å². The van der Waals surface area contributed by atoms with Crippen molar-refractivity contribution in [2.24, 2.45) is 0 Å². The standard InChI is InChI=1S/C5H6S/c1-3-4-5-6-2/h5H,1H2,2H3. The van der Waals surface area contributed by atoms with Gasteiger partial charge in [0.05, 0.1) is 0 Å². The maximum absolute atomic E-state index is 3.32. The van der Waals surface area contributed by atoms with E-state index in [1.165, 1.54) is 0 Å². The van der Waals surface area contributed by atoms with Gasteiger partial charge in [-0.25, -0.2) is 0 Å². The summed E-state index contributed by atoms with van der Waals surface area (Å²) in [5.74, 6) is 0. The van der Waals surface area contributed by atoms with Crippen LogP contribution >= 0.6 is 11.8 Å². The van der Waals surface area contributed by atoms with Crippen LogP contribution in [0.5, 0.6) is 0 Å². The molecule has 0 nitrogen and oxygen atoms in total. The average Bonchev–Trinajstić information content (AvgIpc) is 1.61. The molecule has 0 rings (SSSR count). The first-order chi connectivity index (χ1) is 2.91. The fourth-order valence-corrected chi connectivity index (χ4v) is 0.302. The maximum Gasteiger partial charge on any atom is 0.0210 e. The monoisotopic (exact) mass is 98.0 g/mol. The Labute approximate surface area is 42.3 Å². The van der Waals surface area contributed by atoms with E-state index in [4.69, 9.17) is 0 Å². The second kappa shape index (κ2) is 4.65. The van der Waals surface area contributed by atoms with Gasteiger partial charge in [-0.3, -0.25) is 0 Å². The molecule has 0 aliphatic carbocycles. The van der Waals surface area contributed by atoms with Crippen LogP contribution in [-0.4, -0.2) is 6.26 Å². The highest BCUT2D eigenvalue weighted by atomic mass is 32.2. The van der Waals surface area contributed by atoms with Gasteiger partial charge in [0.2, 0.25) is 0 Å². The number of thioether (sulfide) groups is 1. The molecule has 0 aliphatic heterocycles. The molecule has 32 valence electrons. The largest absolute Gasteiger partial charge is 0.128 e. The molecule has 0 spiro atoms. The van der Waals surface area contributed by atoms with E-state index in [2.05, 4.69) is 18.0 Å². The van der Waals surface area contributed by atoms with Crippen molar-refractivity contribution in [1.29, 1.82) is 0 Å². The lowest BCUT2D eigenvalue weighted by Gasteiger charge is -1.60. The summed E-state index contributed by atoms with van der Waals surface area (Å²) in [6.45, 7) is 3.32. The average molecular weight is 98.2 g/mol. The Hall–Kier alpha value is -0.350. The smallest absolute Gasteiger partial charge is 0.0210 e. The van der Waals surface area contributed by atoms with Gasteiger partial charge < -0.3 is 0 Å². The first-order valence-electron chi connectivity index (χ1n) is 1.54. The molecule has 0 amide bonds. The van der Waals surface area contributed by atoms with Crippen molar-refractivity contribution in [1.82, 2.24) is 0 Å². The topological polar surface area (TPSA) is 0 Å². The van der Waals surface area contributed by atoms with Crippen molar-refractivity contribution < 1.29 is 0 Å². The first kappa shape index (κ1) is 5.65. The summed E-state index contributed by atoms with van der Waals surface area (Å²) < 4.78 is 0. The summed E-state index contributed by atoms with van der Waals surface area (Å²) in [5, 5.41) is 1.80. The van der Waals surface area contributed by atoms with E-state index in [1.54, 1.807) is 17.2 Å². The molecule has 0 N–H and O–H groups in total. The van der Waals surface area contributed by atoms with Gasteiger partial charge in [-0.2, -0.15) is 0 Å². The molecule has 0 fully saturated rings. The Bertz CT molecular complexity index is 92.5. The third-order valence-corrected chi connectivity index (χ3v) is 0.632. The van der Waals surface area contributed by atoms with Crippen LogP contribution in [0.1, 0.15) is 0 Å². The fraction of sp³-hybridized carbons (Fsp3) is 0.200. The molecule has 0 atom stereocenters. The summed E-state index contributed by atoms with van der Waals surface area (Å²) in [5.41, 5.74) is 5.17. The molecule has 0 aromatic carbocycles. The zero-order chi connectivity index (χ0) is 4.83. The van der Waals surface area contributed by atoms with E-state index in [1.807, 2.05) is 6.26 Å². The molecule has 0 heterocycles. The van der Waals surface area contributed by atoms with Crippen molar-refractivity contribution in [3.63, 3.8) is 0 Å². The highest BCUT2D eigenvalue weighted by Gasteiger charge is 1.50. The van der Waals surface area contributed by atoms with E-state index < -0.39 is 0 Å². The van der Waals surface area contributed by atoms with E-state index in [0.717, 1.165) is 0 Å². The Morgan fingerprint density at radius 2 is 2.50 bits per heavy atom. The van der Waals surface area contributed by atoms with Gasteiger partial charge in [0.25, 0.3) is 0 Å².